The molecule has 0 spiro atoms. The van der Waals surface area contributed by atoms with Gasteiger partial charge in [-0.2, -0.15) is 0 Å². The average molecular weight is 313 g/mol. The molecule has 6 heteroatoms. The quantitative estimate of drug-likeness (QED) is 0.496. The number of thiocarbonyl (C=S) groups is 1. The number of aromatic hydroxyl groups is 1. The molecule has 22 heavy (non-hydrogen) atoms. The van der Waals surface area contributed by atoms with E-state index >= 15 is 0 Å². The smallest absolute Gasteiger partial charge is 0.231 e. The highest BCUT2D eigenvalue weighted by atomic mass is 32.1. The molecule has 0 aliphatic rings. The van der Waals surface area contributed by atoms with Gasteiger partial charge in [0.25, 0.3) is 0 Å². The van der Waals surface area contributed by atoms with Crippen LogP contribution in [0.25, 0.3) is 22.6 Å². The number of aromatic nitrogens is 1. The monoisotopic (exact) mass is 313 g/mol. The van der Waals surface area contributed by atoms with Crippen LogP contribution in [-0.4, -0.2) is 15.2 Å². The van der Waals surface area contributed by atoms with Gasteiger partial charge in [0, 0.05) is 5.69 Å². The summed E-state index contributed by atoms with van der Waals surface area (Å²) in [6.45, 7) is 3.78. The first-order chi connectivity index (χ1) is 10.4. The summed E-state index contributed by atoms with van der Waals surface area (Å²) in [6.07, 6.45) is 0. The van der Waals surface area contributed by atoms with Gasteiger partial charge in [-0.05, 0) is 61.5 Å². The van der Waals surface area contributed by atoms with Crippen LogP contribution < -0.4 is 11.1 Å². The van der Waals surface area contributed by atoms with Crippen molar-refractivity contribution in [3.05, 3.63) is 41.5 Å². The van der Waals surface area contributed by atoms with Crippen LogP contribution in [0, 0.1) is 13.8 Å². The fourth-order valence-electron chi connectivity index (χ4n) is 2.31. The number of anilines is 1. The summed E-state index contributed by atoms with van der Waals surface area (Å²) >= 11 is 4.85. The molecule has 5 nitrogen and oxygen atoms in total. The standard InChI is InChI=1S/C16H15N3O2S/c1-8-3-4-13-12(5-8)19-15(21-13)11-7-10(18-16(17)22)6-9(2)14(11)20/h3-7,20H,1-2H3,(H3,17,18,22). The number of nitrogens with zero attached hydrogens (tertiary/aromatic N) is 1. The van der Waals surface area contributed by atoms with Crippen molar-refractivity contribution in [1.29, 1.82) is 0 Å². The molecule has 4 N–H and O–H groups in total. The van der Waals surface area contributed by atoms with Crippen LogP contribution in [0.5, 0.6) is 5.75 Å². The van der Waals surface area contributed by atoms with Gasteiger partial charge in [-0.1, -0.05) is 6.07 Å². The molecule has 0 atom stereocenters. The van der Waals surface area contributed by atoms with Gasteiger partial charge in [0.1, 0.15) is 11.3 Å². The third kappa shape index (κ3) is 2.60. The van der Waals surface area contributed by atoms with E-state index in [0.29, 0.717) is 28.3 Å². The SMILES string of the molecule is Cc1ccc2oc(-c3cc(NC(N)=S)cc(C)c3O)nc2c1. The molecule has 2 aromatic carbocycles. The highest BCUT2D eigenvalue weighted by molar-refractivity contribution is 7.80. The van der Waals surface area contributed by atoms with Crippen LogP contribution in [0.1, 0.15) is 11.1 Å². The molecule has 3 aromatic rings. The van der Waals surface area contributed by atoms with E-state index in [0.717, 1.165) is 11.1 Å². The number of rotatable bonds is 2. The fourth-order valence-corrected chi connectivity index (χ4v) is 2.43. The lowest BCUT2D eigenvalue weighted by atomic mass is 10.1. The second kappa shape index (κ2) is 5.31. The molecule has 1 heterocycles. The van der Waals surface area contributed by atoms with Crippen LogP contribution >= 0.6 is 12.2 Å². The molecule has 0 unspecified atom stereocenters. The van der Waals surface area contributed by atoms with Gasteiger partial charge in [0.2, 0.25) is 5.89 Å². The van der Waals surface area contributed by atoms with Gasteiger partial charge in [-0.25, -0.2) is 4.98 Å². The zero-order valence-electron chi connectivity index (χ0n) is 12.2. The van der Waals surface area contributed by atoms with Gasteiger partial charge >= 0.3 is 0 Å². The number of hydrogen-bond donors (Lipinski definition) is 3. The first kappa shape index (κ1) is 14.3. The molecule has 0 aliphatic heterocycles. The van der Waals surface area contributed by atoms with E-state index in [-0.39, 0.29) is 10.9 Å². The Labute approximate surface area is 132 Å². The van der Waals surface area contributed by atoms with Crippen LogP contribution in [0.2, 0.25) is 0 Å². The van der Waals surface area contributed by atoms with E-state index in [4.69, 9.17) is 22.4 Å². The predicted molar refractivity (Wildman–Crippen MR) is 91.0 cm³/mol. The third-order valence-corrected chi connectivity index (χ3v) is 3.44. The summed E-state index contributed by atoms with van der Waals surface area (Å²) in [5.74, 6) is 0.476. The summed E-state index contributed by atoms with van der Waals surface area (Å²) in [4.78, 5) is 4.45. The Bertz CT molecular complexity index is 886. The van der Waals surface area contributed by atoms with E-state index in [1.54, 1.807) is 19.1 Å². The third-order valence-electron chi connectivity index (χ3n) is 3.34. The number of phenols is 1. The summed E-state index contributed by atoms with van der Waals surface area (Å²) in [5, 5.41) is 13.3. The molecule has 0 aliphatic carbocycles. The Kier molecular flexibility index (Phi) is 3.46. The first-order valence-electron chi connectivity index (χ1n) is 6.71. The highest BCUT2D eigenvalue weighted by Crippen LogP contribution is 2.36. The Morgan fingerprint density at radius 2 is 2.05 bits per heavy atom. The van der Waals surface area contributed by atoms with Crippen molar-refractivity contribution in [3.63, 3.8) is 0 Å². The second-order valence-corrected chi connectivity index (χ2v) is 5.61. The van der Waals surface area contributed by atoms with E-state index in [1.165, 1.54) is 0 Å². The molecular weight excluding hydrogens is 298 g/mol. The highest BCUT2D eigenvalue weighted by Gasteiger charge is 2.15. The van der Waals surface area contributed by atoms with Gasteiger partial charge in [-0.15, -0.1) is 0 Å². The van der Waals surface area contributed by atoms with Gasteiger partial charge in [0.15, 0.2) is 10.7 Å². The number of oxazole rings is 1. The fraction of sp³-hybridized carbons (Fsp3) is 0.125. The minimum atomic E-state index is 0.122. The number of phenolic OH excluding ortho intramolecular Hbond substituents is 1. The van der Waals surface area contributed by atoms with E-state index in [1.807, 2.05) is 25.1 Å². The van der Waals surface area contributed by atoms with Gasteiger partial charge in [-0.3, -0.25) is 0 Å². The molecule has 0 saturated carbocycles. The Hall–Kier alpha value is -2.60. The predicted octanol–water partition coefficient (Wildman–Crippen LogP) is 3.47. The largest absolute Gasteiger partial charge is 0.507 e. The summed E-state index contributed by atoms with van der Waals surface area (Å²) < 4.78 is 5.74. The number of nitrogens with two attached hydrogens (primary N) is 1. The van der Waals surface area contributed by atoms with Crippen LogP contribution in [0.4, 0.5) is 5.69 Å². The zero-order chi connectivity index (χ0) is 15.9. The number of hydrogen-bond acceptors (Lipinski definition) is 4. The van der Waals surface area contributed by atoms with Crippen molar-refractivity contribution in [1.82, 2.24) is 4.98 Å². The molecule has 3 rings (SSSR count). The molecule has 112 valence electrons. The molecule has 0 radical (unpaired) electrons. The molecule has 0 bridgehead atoms. The lowest BCUT2D eigenvalue weighted by Gasteiger charge is -2.09. The number of nitrogens with one attached hydrogen (secondary N) is 1. The van der Waals surface area contributed by atoms with Gasteiger partial charge in [0.05, 0.1) is 5.56 Å². The Morgan fingerprint density at radius 1 is 1.27 bits per heavy atom. The number of aryl methyl sites for hydroxylation is 2. The summed E-state index contributed by atoms with van der Waals surface area (Å²) in [5.41, 5.74) is 9.86. The maximum Gasteiger partial charge on any atom is 0.231 e. The van der Waals surface area contributed by atoms with Crippen molar-refractivity contribution in [2.75, 3.05) is 5.32 Å². The Morgan fingerprint density at radius 3 is 2.77 bits per heavy atom. The van der Waals surface area contributed by atoms with Crippen LogP contribution in [0.15, 0.2) is 34.7 Å². The minimum Gasteiger partial charge on any atom is -0.507 e. The first-order valence-corrected chi connectivity index (χ1v) is 7.12. The van der Waals surface area contributed by atoms with Crippen molar-refractivity contribution >= 4 is 34.1 Å². The van der Waals surface area contributed by atoms with E-state index < -0.39 is 0 Å². The lowest BCUT2D eigenvalue weighted by Crippen LogP contribution is -2.18. The molecule has 0 fully saturated rings. The number of benzene rings is 2. The lowest BCUT2D eigenvalue weighted by molar-refractivity contribution is 0.470. The molecule has 1 aromatic heterocycles. The molecule has 0 amide bonds. The maximum absolute atomic E-state index is 10.3. The topological polar surface area (TPSA) is 84.3 Å². The van der Waals surface area contributed by atoms with E-state index in [9.17, 15) is 5.11 Å². The van der Waals surface area contributed by atoms with Crippen molar-refractivity contribution in [2.24, 2.45) is 5.73 Å². The normalized spacial score (nSPS) is 10.8. The van der Waals surface area contributed by atoms with Crippen molar-refractivity contribution < 1.29 is 9.52 Å². The molecular formula is C16H15N3O2S. The van der Waals surface area contributed by atoms with Crippen LogP contribution in [-0.2, 0) is 0 Å². The molecule has 0 saturated heterocycles. The average Bonchev–Trinajstić information content (AvgIpc) is 2.84. The van der Waals surface area contributed by atoms with Crippen LogP contribution in [0.3, 0.4) is 0 Å². The zero-order valence-corrected chi connectivity index (χ0v) is 13.0. The van der Waals surface area contributed by atoms with Gasteiger partial charge < -0.3 is 20.6 Å². The Balaban J connectivity index is 2.16. The minimum absolute atomic E-state index is 0.122. The summed E-state index contributed by atoms with van der Waals surface area (Å²) in [6, 6.07) is 9.21. The van der Waals surface area contributed by atoms with Crippen molar-refractivity contribution in [3.8, 4) is 17.2 Å². The van der Waals surface area contributed by atoms with Crippen molar-refractivity contribution in [2.45, 2.75) is 13.8 Å². The summed E-state index contributed by atoms with van der Waals surface area (Å²) in [7, 11) is 0. The number of fused-ring (bicyclic) bond motifs is 1. The maximum atomic E-state index is 10.3. The second-order valence-electron chi connectivity index (χ2n) is 5.17. The van der Waals surface area contributed by atoms with E-state index in [2.05, 4.69) is 10.3 Å².